The zero-order valence-electron chi connectivity index (χ0n) is 15.1. The van der Waals surface area contributed by atoms with E-state index in [9.17, 15) is 9.59 Å². The first kappa shape index (κ1) is 17.7. The number of aromatic nitrogens is 1. The minimum Gasteiger partial charge on any atom is -0.491 e. The molecule has 1 heterocycles. The predicted molar refractivity (Wildman–Crippen MR) is 104 cm³/mol. The van der Waals surface area contributed by atoms with Gasteiger partial charge in [-0.1, -0.05) is 13.0 Å². The Bertz CT molecular complexity index is 988. The number of amides is 1. The van der Waals surface area contributed by atoms with Crippen molar-refractivity contribution in [1.29, 1.82) is 0 Å². The standard InChI is InChI=1S/C21H22N2O3/c1-4-14-11-20(24)23-19-12-16(7-10-18(14)19)22-21(25)15-5-8-17(9-6-15)26-13(2)3/h5-13H,4H2,1-3H3,(H,22,25)(H,23,24). The number of hydrogen-bond acceptors (Lipinski definition) is 3. The van der Waals surface area contributed by atoms with Crippen molar-refractivity contribution in [2.24, 2.45) is 0 Å². The highest BCUT2D eigenvalue weighted by molar-refractivity contribution is 6.05. The van der Waals surface area contributed by atoms with Crippen LogP contribution in [0.3, 0.4) is 0 Å². The van der Waals surface area contributed by atoms with Gasteiger partial charge in [0.15, 0.2) is 0 Å². The number of rotatable bonds is 5. The van der Waals surface area contributed by atoms with Crippen molar-refractivity contribution in [2.45, 2.75) is 33.3 Å². The van der Waals surface area contributed by atoms with Gasteiger partial charge in [-0.15, -0.1) is 0 Å². The molecule has 0 aliphatic rings. The van der Waals surface area contributed by atoms with Crippen LogP contribution in [-0.2, 0) is 6.42 Å². The van der Waals surface area contributed by atoms with Gasteiger partial charge in [0.2, 0.25) is 5.56 Å². The number of H-pyrrole nitrogens is 1. The predicted octanol–water partition coefficient (Wildman–Crippen LogP) is 4.13. The van der Waals surface area contributed by atoms with E-state index in [2.05, 4.69) is 10.3 Å². The molecule has 2 N–H and O–H groups in total. The van der Waals surface area contributed by atoms with Gasteiger partial charge in [0.1, 0.15) is 5.75 Å². The van der Waals surface area contributed by atoms with Crippen molar-refractivity contribution in [3.8, 4) is 5.75 Å². The monoisotopic (exact) mass is 350 g/mol. The van der Waals surface area contributed by atoms with Crippen molar-refractivity contribution in [1.82, 2.24) is 4.98 Å². The van der Waals surface area contributed by atoms with Gasteiger partial charge < -0.3 is 15.0 Å². The molecule has 0 saturated heterocycles. The van der Waals surface area contributed by atoms with E-state index in [4.69, 9.17) is 4.74 Å². The zero-order chi connectivity index (χ0) is 18.7. The zero-order valence-corrected chi connectivity index (χ0v) is 15.1. The molecule has 0 saturated carbocycles. The lowest BCUT2D eigenvalue weighted by Crippen LogP contribution is -2.12. The summed E-state index contributed by atoms with van der Waals surface area (Å²) in [6.07, 6.45) is 0.860. The molecule has 0 radical (unpaired) electrons. The highest BCUT2D eigenvalue weighted by Crippen LogP contribution is 2.21. The third-order valence-corrected chi connectivity index (χ3v) is 4.06. The summed E-state index contributed by atoms with van der Waals surface area (Å²) < 4.78 is 5.58. The molecule has 0 bridgehead atoms. The fourth-order valence-electron chi connectivity index (χ4n) is 2.86. The highest BCUT2D eigenvalue weighted by atomic mass is 16.5. The Morgan fingerprint density at radius 2 is 1.85 bits per heavy atom. The molecule has 5 nitrogen and oxygen atoms in total. The van der Waals surface area contributed by atoms with Gasteiger partial charge in [-0.05, 0) is 62.2 Å². The molecule has 0 spiro atoms. The summed E-state index contributed by atoms with van der Waals surface area (Å²) in [7, 11) is 0. The Kier molecular flexibility index (Phi) is 5.07. The molecule has 134 valence electrons. The quantitative estimate of drug-likeness (QED) is 0.727. The largest absolute Gasteiger partial charge is 0.491 e. The fraction of sp³-hybridized carbons (Fsp3) is 0.238. The molecule has 0 aliphatic carbocycles. The topological polar surface area (TPSA) is 71.2 Å². The van der Waals surface area contributed by atoms with Gasteiger partial charge in [-0.2, -0.15) is 0 Å². The van der Waals surface area contributed by atoms with E-state index >= 15 is 0 Å². The van der Waals surface area contributed by atoms with Gasteiger partial charge in [0.25, 0.3) is 5.91 Å². The number of hydrogen-bond donors (Lipinski definition) is 2. The molecule has 5 heteroatoms. The Morgan fingerprint density at radius 1 is 1.12 bits per heavy atom. The Hall–Kier alpha value is -3.08. The lowest BCUT2D eigenvalue weighted by atomic mass is 10.1. The average molecular weight is 350 g/mol. The Balaban J connectivity index is 1.82. The summed E-state index contributed by atoms with van der Waals surface area (Å²) in [5.41, 5.74) is 2.74. The van der Waals surface area contributed by atoms with Gasteiger partial charge in [0, 0.05) is 22.7 Å². The van der Waals surface area contributed by atoms with Crippen LogP contribution in [0.1, 0.15) is 36.7 Å². The summed E-state index contributed by atoms with van der Waals surface area (Å²) in [5, 5.41) is 3.85. The first-order chi connectivity index (χ1) is 12.5. The number of ether oxygens (including phenoxy) is 1. The summed E-state index contributed by atoms with van der Waals surface area (Å²) in [6, 6.07) is 14.2. The lowest BCUT2D eigenvalue weighted by molar-refractivity contribution is 0.102. The summed E-state index contributed by atoms with van der Waals surface area (Å²) >= 11 is 0. The molecular weight excluding hydrogens is 328 g/mol. The maximum Gasteiger partial charge on any atom is 0.255 e. The number of pyridine rings is 1. The highest BCUT2D eigenvalue weighted by Gasteiger charge is 2.09. The van der Waals surface area contributed by atoms with Crippen molar-refractivity contribution in [3.05, 3.63) is 70.0 Å². The fourth-order valence-corrected chi connectivity index (χ4v) is 2.86. The maximum absolute atomic E-state index is 12.4. The van der Waals surface area contributed by atoms with Crippen LogP contribution < -0.4 is 15.6 Å². The summed E-state index contributed by atoms with van der Waals surface area (Å²) in [4.78, 5) is 27.0. The van der Waals surface area contributed by atoms with Crippen LogP contribution in [0.2, 0.25) is 0 Å². The molecule has 26 heavy (non-hydrogen) atoms. The summed E-state index contributed by atoms with van der Waals surface area (Å²) in [5.74, 6) is 0.515. The van der Waals surface area contributed by atoms with E-state index in [0.29, 0.717) is 16.8 Å². The number of benzene rings is 2. The van der Waals surface area contributed by atoms with Crippen molar-refractivity contribution in [2.75, 3.05) is 5.32 Å². The second-order valence-electron chi connectivity index (χ2n) is 6.42. The molecule has 3 aromatic rings. The molecule has 0 atom stereocenters. The first-order valence-electron chi connectivity index (χ1n) is 8.70. The Morgan fingerprint density at radius 3 is 2.50 bits per heavy atom. The normalized spacial score (nSPS) is 10.9. The maximum atomic E-state index is 12.4. The van der Waals surface area contributed by atoms with Crippen LogP contribution >= 0.6 is 0 Å². The lowest BCUT2D eigenvalue weighted by Gasteiger charge is -2.11. The van der Waals surface area contributed by atoms with E-state index in [-0.39, 0.29) is 17.6 Å². The third kappa shape index (κ3) is 3.94. The number of aryl methyl sites for hydroxylation is 1. The molecule has 0 aliphatic heterocycles. The summed E-state index contributed by atoms with van der Waals surface area (Å²) in [6.45, 7) is 5.92. The second kappa shape index (κ2) is 7.44. The number of fused-ring (bicyclic) bond motifs is 1. The van der Waals surface area contributed by atoms with E-state index in [1.54, 1.807) is 36.4 Å². The van der Waals surface area contributed by atoms with Gasteiger partial charge in [-0.25, -0.2) is 0 Å². The van der Waals surface area contributed by atoms with Crippen LogP contribution in [0.15, 0.2) is 53.3 Å². The SMILES string of the molecule is CCc1cc(=O)[nH]c2cc(NC(=O)c3ccc(OC(C)C)cc3)ccc12. The minimum atomic E-state index is -0.213. The van der Waals surface area contributed by atoms with Crippen LogP contribution in [0.4, 0.5) is 5.69 Å². The Labute approximate surface area is 152 Å². The van der Waals surface area contributed by atoms with E-state index < -0.39 is 0 Å². The molecule has 2 aromatic carbocycles. The van der Waals surface area contributed by atoms with E-state index in [0.717, 1.165) is 23.1 Å². The van der Waals surface area contributed by atoms with Crippen LogP contribution in [0, 0.1) is 0 Å². The van der Waals surface area contributed by atoms with Crippen molar-refractivity contribution in [3.63, 3.8) is 0 Å². The van der Waals surface area contributed by atoms with Gasteiger partial charge >= 0.3 is 0 Å². The number of anilines is 1. The average Bonchev–Trinajstić information content (AvgIpc) is 2.60. The number of carbonyl (C=O) groups excluding carboxylic acids is 1. The van der Waals surface area contributed by atoms with E-state index in [1.807, 2.05) is 32.9 Å². The van der Waals surface area contributed by atoms with E-state index in [1.165, 1.54) is 0 Å². The molecule has 3 rings (SSSR count). The number of aromatic amines is 1. The molecular formula is C21H22N2O3. The van der Waals surface area contributed by atoms with Crippen LogP contribution in [0.5, 0.6) is 5.75 Å². The molecule has 1 amide bonds. The smallest absolute Gasteiger partial charge is 0.255 e. The molecule has 0 unspecified atom stereocenters. The van der Waals surface area contributed by atoms with Gasteiger partial charge in [0.05, 0.1) is 11.6 Å². The third-order valence-electron chi connectivity index (χ3n) is 4.06. The number of nitrogens with one attached hydrogen (secondary N) is 2. The first-order valence-corrected chi connectivity index (χ1v) is 8.70. The molecule has 1 aromatic heterocycles. The molecule has 0 fully saturated rings. The minimum absolute atomic E-state index is 0.0856. The van der Waals surface area contributed by atoms with Crippen LogP contribution in [0.25, 0.3) is 10.9 Å². The van der Waals surface area contributed by atoms with Crippen molar-refractivity contribution < 1.29 is 9.53 Å². The van der Waals surface area contributed by atoms with Crippen LogP contribution in [-0.4, -0.2) is 17.0 Å². The second-order valence-corrected chi connectivity index (χ2v) is 6.42. The number of carbonyl (C=O) groups is 1. The van der Waals surface area contributed by atoms with Crippen molar-refractivity contribution >= 4 is 22.5 Å². The van der Waals surface area contributed by atoms with Gasteiger partial charge in [-0.3, -0.25) is 9.59 Å².